The zero-order valence-electron chi connectivity index (χ0n) is 15.8. The quantitative estimate of drug-likeness (QED) is 0.749. The van der Waals surface area contributed by atoms with Gasteiger partial charge in [0.05, 0.1) is 24.5 Å². The van der Waals surface area contributed by atoms with Crippen molar-refractivity contribution in [3.8, 4) is 0 Å². The number of nitrogens with zero attached hydrogens (tertiary/aromatic N) is 5. The van der Waals surface area contributed by atoms with E-state index in [0.717, 1.165) is 63.5 Å². The molecule has 3 heterocycles. The van der Waals surface area contributed by atoms with E-state index in [1.54, 1.807) is 10.9 Å². The number of aryl methyl sites for hydroxylation is 1. The van der Waals surface area contributed by atoms with Crippen LogP contribution in [0, 0.1) is 12.8 Å². The van der Waals surface area contributed by atoms with E-state index in [4.69, 9.17) is 0 Å². The fourth-order valence-corrected chi connectivity index (χ4v) is 3.51. The van der Waals surface area contributed by atoms with Gasteiger partial charge in [0.1, 0.15) is 0 Å². The van der Waals surface area contributed by atoms with Gasteiger partial charge in [-0.1, -0.05) is 11.3 Å². The van der Waals surface area contributed by atoms with Crippen LogP contribution in [0.3, 0.4) is 0 Å². The Labute approximate surface area is 159 Å². The summed E-state index contributed by atoms with van der Waals surface area (Å²) in [6.07, 6.45) is 3.99. The first kappa shape index (κ1) is 18.1. The minimum atomic E-state index is -0.177. The van der Waals surface area contributed by atoms with Crippen molar-refractivity contribution >= 4 is 5.91 Å². The molecule has 1 amide bonds. The highest BCUT2D eigenvalue weighted by Gasteiger charge is 2.35. The predicted octanol–water partition coefficient (Wildman–Crippen LogP) is 0.768. The Morgan fingerprint density at radius 2 is 2.11 bits per heavy atom. The Kier molecular flexibility index (Phi) is 5.45. The number of amides is 1. The van der Waals surface area contributed by atoms with Crippen LogP contribution in [0.1, 0.15) is 40.8 Å². The molecule has 2 aromatic heterocycles. The number of rotatable bonds is 7. The lowest BCUT2D eigenvalue weighted by molar-refractivity contribution is 0.0925. The van der Waals surface area contributed by atoms with Crippen molar-refractivity contribution in [1.82, 2.24) is 35.5 Å². The highest BCUT2D eigenvalue weighted by Crippen LogP contribution is 2.40. The van der Waals surface area contributed by atoms with E-state index in [0.29, 0.717) is 11.6 Å². The van der Waals surface area contributed by atoms with Gasteiger partial charge in [0.25, 0.3) is 5.91 Å². The van der Waals surface area contributed by atoms with Crippen molar-refractivity contribution in [2.24, 2.45) is 5.92 Å². The van der Waals surface area contributed by atoms with Crippen LogP contribution in [0.4, 0.5) is 0 Å². The fraction of sp³-hybridized carbons (Fsp3) is 0.579. The molecule has 0 bridgehead atoms. The van der Waals surface area contributed by atoms with Crippen LogP contribution in [-0.4, -0.2) is 63.5 Å². The third-order valence-electron chi connectivity index (χ3n) is 5.23. The van der Waals surface area contributed by atoms with E-state index in [2.05, 4.69) is 30.8 Å². The number of pyridine rings is 1. The van der Waals surface area contributed by atoms with Crippen molar-refractivity contribution in [2.75, 3.05) is 32.7 Å². The Morgan fingerprint density at radius 1 is 1.30 bits per heavy atom. The van der Waals surface area contributed by atoms with Gasteiger partial charge in [0.15, 0.2) is 5.69 Å². The van der Waals surface area contributed by atoms with Crippen molar-refractivity contribution in [1.29, 1.82) is 0 Å². The summed E-state index contributed by atoms with van der Waals surface area (Å²) in [7, 11) is 0. The SMILES string of the molecule is Cc1cccc(C(NC(=O)c2cn(CCN3CCNCC3)nn2)C2CC2)n1. The average Bonchev–Trinajstić information content (AvgIpc) is 3.42. The van der Waals surface area contributed by atoms with E-state index < -0.39 is 0 Å². The molecular weight excluding hydrogens is 342 g/mol. The minimum absolute atomic E-state index is 0.0524. The molecule has 8 nitrogen and oxygen atoms in total. The molecule has 27 heavy (non-hydrogen) atoms. The number of piperazine rings is 1. The van der Waals surface area contributed by atoms with Crippen molar-refractivity contribution in [3.63, 3.8) is 0 Å². The summed E-state index contributed by atoms with van der Waals surface area (Å²) in [6.45, 7) is 7.79. The van der Waals surface area contributed by atoms with Gasteiger partial charge >= 0.3 is 0 Å². The molecule has 2 aromatic rings. The largest absolute Gasteiger partial charge is 0.342 e. The van der Waals surface area contributed by atoms with Gasteiger partial charge in [-0.25, -0.2) is 0 Å². The van der Waals surface area contributed by atoms with Gasteiger partial charge in [-0.2, -0.15) is 0 Å². The zero-order valence-corrected chi connectivity index (χ0v) is 15.8. The molecule has 0 radical (unpaired) electrons. The van der Waals surface area contributed by atoms with E-state index in [1.807, 2.05) is 25.1 Å². The summed E-state index contributed by atoms with van der Waals surface area (Å²) in [6, 6.07) is 5.90. The fourth-order valence-electron chi connectivity index (χ4n) is 3.51. The van der Waals surface area contributed by atoms with Crippen LogP contribution < -0.4 is 10.6 Å². The number of hydrogen-bond acceptors (Lipinski definition) is 6. The molecule has 1 unspecified atom stereocenters. The molecule has 2 N–H and O–H groups in total. The van der Waals surface area contributed by atoms with Crippen LogP contribution in [-0.2, 0) is 6.54 Å². The van der Waals surface area contributed by atoms with Crippen LogP contribution in [0.2, 0.25) is 0 Å². The molecule has 4 rings (SSSR count). The zero-order chi connectivity index (χ0) is 18.6. The van der Waals surface area contributed by atoms with Crippen molar-refractivity contribution in [2.45, 2.75) is 32.4 Å². The molecule has 0 aromatic carbocycles. The Morgan fingerprint density at radius 3 is 2.85 bits per heavy atom. The number of hydrogen-bond donors (Lipinski definition) is 2. The first-order valence-corrected chi connectivity index (χ1v) is 9.77. The molecule has 144 valence electrons. The van der Waals surface area contributed by atoms with Gasteiger partial charge < -0.3 is 10.6 Å². The first-order chi connectivity index (χ1) is 13.2. The lowest BCUT2D eigenvalue weighted by Gasteiger charge is -2.26. The van der Waals surface area contributed by atoms with Gasteiger partial charge in [-0.05, 0) is 37.8 Å². The monoisotopic (exact) mass is 369 g/mol. The molecule has 8 heteroatoms. The van der Waals surface area contributed by atoms with Gasteiger partial charge in [-0.15, -0.1) is 5.10 Å². The highest BCUT2D eigenvalue weighted by atomic mass is 16.2. The molecular formula is C19H27N7O. The molecule has 1 aliphatic heterocycles. The molecule has 2 aliphatic rings. The maximum absolute atomic E-state index is 12.7. The summed E-state index contributed by atoms with van der Waals surface area (Å²) in [5, 5.41) is 14.7. The van der Waals surface area contributed by atoms with Gasteiger partial charge in [0, 0.05) is 38.4 Å². The standard InChI is InChI=1S/C19H27N7O/c1-14-3-2-4-16(21-14)18(15-5-6-15)22-19(27)17-13-26(24-23-17)12-11-25-9-7-20-8-10-25/h2-4,13,15,18,20H,5-12H2,1H3,(H,22,27). The third kappa shape index (κ3) is 4.70. The Hall–Kier alpha value is -2.32. The van der Waals surface area contributed by atoms with E-state index in [-0.39, 0.29) is 11.9 Å². The minimum Gasteiger partial charge on any atom is -0.342 e. The van der Waals surface area contributed by atoms with Crippen molar-refractivity contribution < 1.29 is 4.79 Å². The summed E-state index contributed by atoms with van der Waals surface area (Å²) in [5.41, 5.74) is 2.26. The number of carbonyl (C=O) groups excluding carboxylic acids is 1. The highest BCUT2D eigenvalue weighted by molar-refractivity contribution is 5.92. The van der Waals surface area contributed by atoms with Crippen LogP contribution in [0.15, 0.2) is 24.4 Å². The third-order valence-corrected chi connectivity index (χ3v) is 5.23. The molecule has 0 spiro atoms. The van der Waals surface area contributed by atoms with E-state index in [9.17, 15) is 4.79 Å². The van der Waals surface area contributed by atoms with E-state index in [1.165, 1.54) is 0 Å². The second-order valence-corrected chi connectivity index (χ2v) is 7.45. The van der Waals surface area contributed by atoms with E-state index >= 15 is 0 Å². The molecule has 1 aliphatic carbocycles. The predicted molar refractivity (Wildman–Crippen MR) is 101 cm³/mol. The van der Waals surface area contributed by atoms with Crippen LogP contribution in [0.25, 0.3) is 0 Å². The smallest absolute Gasteiger partial charge is 0.274 e. The maximum atomic E-state index is 12.7. The average molecular weight is 369 g/mol. The van der Waals surface area contributed by atoms with Gasteiger partial charge in [-0.3, -0.25) is 19.4 Å². The maximum Gasteiger partial charge on any atom is 0.274 e. The Balaban J connectivity index is 1.36. The lowest BCUT2D eigenvalue weighted by atomic mass is 10.1. The molecule has 2 fully saturated rings. The number of nitrogens with one attached hydrogen (secondary N) is 2. The molecule has 1 saturated carbocycles. The molecule has 1 saturated heterocycles. The molecule has 1 atom stereocenters. The summed E-state index contributed by atoms with van der Waals surface area (Å²) in [5.74, 6) is 0.287. The lowest BCUT2D eigenvalue weighted by Crippen LogP contribution is -2.44. The number of aromatic nitrogens is 4. The van der Waals surface area contributed by atoms with Crippen LogP contribution >= 0.6 is 0 Å². The topological polar surface area (TPSA) is 88.0 Å². The van der Waals surface area contributed by atoms with Gasteiger partial charge in [0.2, 0.25) is 0 Å². The number of carbonyl (C=O) groups is 1. The Bertz CT molecular complexity index is 780. The normalized spacial score (nSPS) is 19.0. The second kappa shape index (κ2) is 8.14. The van der Waals surface area contributed by atoms with Crippen LogP contribution in [0.5, 0.6) is 0 Å². The first-order valence-electron chi connectivity index (χ1n) is 9.77. The summed E-state index contributed by atoms with van der Waals surface area (Å²) >= 11 is 0. The van der Waals surface area contributed by atoms with Crippen molar-refractivity contribution in [3.05, 3.63) is 41.5 Å². The summed E-state index contributed by atoms with van der Waals surface area (Å²) in [4.78, 5) is 19.7. The second-order valence-electron chi connectivity index (χ2n) is 7.45. The summed E-state index contributed by atoms with van der Waals surface area (Å²) < 4.78 is 1.76.